The summed E-state index contributed by atoms with van der Waals surface area (Å²) in [5.74, 6) is -3.22. The van der Waals surface area contributed by atoms with Crippen LogP contribution in [-0.4, -0.2) is 65.2 Å². The number of aliphatic hydroxyl groups excluding tert-OH is 1. The number of ether oxygens (including phenoxy) is 5. The Kier molecular flexibility index (Phi) is 11.9. The molecule has 9 heteroatoms. The van der Waals surface area contributed by atoms with Gasteiger partial charge in [0.05, 0.1) is 26.9 Å². The summed E-state index contributed by atoms with van der Waals surface area (Å²) in [4.78, 5) is 25.0. The summed E-state index contributed by atoms with van der Waals surface area (Å²) in [5.41, 5.74) is 2.48. The van der Waals surface area contributed by atoms with Crippen molar-refractivity contribution in [2.45, 2.75) is 89.7 Å². The molecule has 0 aliphatic carbocycles. The van der Waals surface area contributed by atoms with Gasteiger partial charge in [-0.15, -0.1) is 0 Å². The van der Waals surface area contributed by atoms with E-state index >= 15 is 0 Å². The van der Waals surface area contributed by atoms with E-state index in [-0.39, 0.29) is 19.8 Å². The molecule has 0 amide bonds. The van der Waals surface area contributed by atoms with Crippen LogP contribution in [0, 0.1) is 5.92 Å². The third-order valence-corrected chi connectivity index (χ3v) is 7.90. The topological polar surface area (TPSA) is 121 Å². The van der Waals surface area contributed by atoms with Crippen LogP contribution < -0.4 is 4.74 Å². The first kappa shape index (κ1) is 32.9. The van der Waals surface area contributed by atoms with Crippen LogP contribution in [0.25, 0.3) is 0 Å². The summed E-state index contributed by atoms with van der Waals surface area (Å²) in [5, 5.41) is 23.6. The summed E-state index contributed by atoms with van der Waals surface area (Å²) in [6.07, 6.45) is -8.37. The van der Waals surface area contributed by atoms with E-state index in [9.17, 15) is 19.8 Å². The molecule has 9 nitrogen and oxygen atoms in total. The van der Waals surface area contributed by atoms with E-state index in [0.29, 0.717) is 5.75 Å². The third-order valence-electron chi connectivity index (χ3n) is 7.90. The zero-order valence-corrected chi connectivity index (χ0v) is 26.2. The number of rotatable bonds is 16. The van der Waals surface area contributed by atoms with E-state index in [4.69, 9.17) is 25.1 Å². The van der Waals surface area contributed by atoms with Gasteiger partial charge in [0.1, 0.15) is 42.1 Å². The minimum Gasteiger partial charge on any atom is -0.497 e. The van der Waals surface area contributed by atoms with Gasteiger partial charge in [0, 0.05) is 20.1 Å². The van der Waals surface area contributed by atoms with Crippen molar-refractivity contribution in [1.82, 2.24) is 0 Å². The highest BCUT2D eigenvalue weighted by Gasteiger charge is 2.59. The molecule has 7 atom stereocenters. The molecule has 1 aliphatic rings. The highest BCUT2D eigenvalue weighted by Crippen LogP contribution is 2.40. The van der Waals surface area contributed by atoms with Crippen molar-refractivity contribution in [3.63, 3.8) is 0 Å². The summed E-state index contributed by atoms with van der Waals surface area (Å²) in [6, 6.07) is 26.1. The standard InChI is InChI=1S/C36H44O9/c1-24(2)36(40)35(44-23-28-16-18-29(41-4)19-17-28)34(43-22-27-13-9-6-10-14-27)33(42-21-26-11-7-5-8-12-26)32(45-36)31(39)30(38)20-15-25(3)37/h5-14,16-19,24,31-35,39-40H,15,20-23H2,1-4H3/t31?,32-,33+,34+,35-,36?/m1/s1/i15D/t15?,31?,32-,33+,34+,35-,36?. The monoisotopic (exact) mass is 621 g/mol. The molecule has 1 fully saturated rings. The number of carbonyl (C=O) groups is 2. The maximum Gasteiger partial charge on any atom is 0.197 e. The number of ketones is 2. The second-order valence-electron chi connectivity index (χ2n) is 11.5. The fraction of sp³-hybridized carbons (Fsp3) is 0.444. The Morgan fingerprint density at radius 3 is 1.87 bits per heavy atom. The quantitative estimate of drug-likeness (QED) is 0.233. The van der Waals surface area contributed by atoms with Crippen LogP contribution in [-0.2, 0) is 48.4 Å². The highest BCUT2D eigenvalue weighted by molar-refractivity contribution is 5.88. The predicted molar refractivity (Wildman–Crippen MR) is 167 cm³/mol. The van der Waals surface area contributed by atoms with Gasteiger partial charge in [-0.2, -0.15) is 0 Å². The number of aliphatic hydroxyl groups is 2. The Labute approximate surface area is 266 Å². The van der Waals surface area contributed by atoms with E-state index < -0.39 is 66.6 Å². The van der Waals surface area contributed by atoms with Gasteiger partial charge < -0.3 is 38.7 Å². The lowest BCUT2D eigenvalue weighted by Gasteiger charge is -2.52. The first-order valence-corrected chi connectivity index (χ1v) is 15.1. The van der Waals surface area contributed by atoms with Gasteiger partial charge in [0.2, 0.25) is 0 Å². The van der Waals surface area contributed by atoms with Crippen molar-refractivity contribution in [3.05, 3.63) is 102 Å². The fourth-order valence-electron chi connectivity index (χ4n) is 5.23. The summed E-state index contributed by atoms with van der Waals surface area (Å²) in [7, 11) is 1.58. The zero-order chi connectivity index (χ0) is 33.3. The molecular formula is C36H44O9. The van der Waals surface area contributed by atoms with Crippen molar-refractivity contribution in [2.24, 2.45) is 5.92 Å². The Morgan fingerprint density at radius 2 is 1.36 bits per heavy atom. The highest BCUT2D eigenvalue weighted by atomic mass is 16.7. The van der Waals surface area contributed by atoms with Gasteiger partial charge in [0.25, 0.3) is 0 Å². The van der Waals surface area contributed by atoms with Gasteiger partial charge in [0.15, 0.2) is 11.6 Å². The third kappa shape index (κ3) is 9.07. The minimum atomic E-state index is -2.03. The van der Waals surface area contributed by atoms with E-state index in [1.807, 2.05) is 72.8 Å². The molecule has 3 aromatic carbocycles. The molecule has 1 saturated heterocycles. The SMILES string of the molecule is [2H]C(CC(=O)C(O)[C@H]1OC(O)(C(C)C)[C@H](OCc2ccc(OC)cc2)[C@@H](OCc2ccccc2)[C@H]1OCc1ccccc1)C(C)=O. The predicted octanol–water partition coefficient (Wildman–Crippen LogP) is 4.79. The largest absolute Gasteiger partial charge is 0.497 e. The Hall–Kier alpha value is -3.44. The first-order valence-electron chi connectivity index (χ1n) is 15.7. The molecule has 1 aliphatic heterocycles. The van der Waals surface area contributed by atoms with Gasteiger partial charge in [-0.1, -0.05) is 86.6 Å². The normalized spacial score (nSPS) is 24.9. The Balaban J connectivity index is 1.73. The Bertz CT molecular complexity index is 1390. The average molecular weight is 622 g/mol. The van der Waals surface area contributed by atoms with E-state index in [0.717, 1.165) is 16.7 Å². The molecule has 0 aromatic heterocycles. The Morgan fingerprint density at radius 1 is 0.844 bits per heavy atom. The first-order chi connectivity index (χ1) is 22.0. The molecule has 2 N–H and O–H groups in total. The van der Waals surface area contributed by atoms with Gasteiger partial charge in [-0.05, 0) is 35.7 Å². The molecule has 0 saturated carbocycles. The molecule has 3 aromatic rings. The van der Waals surface area contributed by atoms with Gasteiger partial charge in [-0.3, -0.25) is 4.79 Å². The molecule has 0 bridgehead atoms. The number of Topliss-reactive ketones (excluding diaryl/α,β-unsaturated/α-hetero) is 2. The van der Waals surface area contributed by atoms with Gasteiger partial charge >= 0.3 is 0 Å². The number of methoxy groups -OCH3 is 1. The lowest BCUT2D eigenvalue weighted by atomic mass is 9.83. The number of carbonyl (C=O) groups excluding carboxylic acids is 2. The zero-order valence-electron chi connectivity index (χ0n) is 27.2. The molecule has 0 radical (unpaired) electrons. The van der Waals surface area contributed by atoms with Crippen LogP contribution >= 0.6 is 0 Å². The van der Waals surface area contributed by atoms with Crippen molar-refractivity contribution >= 4 is 11.6 Å². The molecule has 1 heterocycles. The van der Waals surface area contributed by atoms with Crippen LogP contribution in [0.2, 0.25) is 0 Å². The molecular weight excluding hydrogens is 576 g/mol. The van der Waals surface area contributed by atoms with E-state index in [1.54, 1.807) is 33.1 Å². The maximum absolute atomic E-state index is 13.3. The fourth-order valence-corrected chi connectivity index (χ4v) is 5.23. The minimum absolute atomic E-state index is 0.0783. The number of hydrogen-bond acceptors (Lipinski definition) is 9. The van der Waals surface area contributed by atoms with E-state index in [2.05, 4.69) is 0 Å². The maximum atomic E-state index is 13.3. The second kappa shape index (κ2) is 16.2. The van der Waals surface area contributed by atoms with Crippen LogP contribution in [0.1, 0.15) is 51.7 Å². The van der Waals surface area contributed by atoms with E-state index in [1.165, 1.54) is 6.92 Å². The van der Waals surface area contributed by atoms with Crippen LogP contribution in [0.3, 0.4) is 0 Å². The van der Waals surface area contributed by atoms with Crippen molar-refractivity contribution < 1.29 is 44.9 Å². The van der Waals surface area contributed by atoms with Crippen LogP contribution in [0.4, 0.5) is 0 Å². The second-order valence-corrected chi connectivity index (χ2v) is 11.5. The smallest absolute Gasteiger partial charge is 0.197 e. The van der Waals surface area contributed by atoms with Crippen LogP contribution in [0.5, 0.6) is 5.75 Å². The molecule has 45 heavy (non-hydrogen) atoms. The van der Waals surface area contributed by atoms with Crippen LogP contribution in [0.15, 0.2) is 84.9 Å². The average Bonchev–Trinajstić information content (AvgIpc) is 3.06. The number of benzene rings is 3. The number of hydrogen-bond donors (Lipinski definition) is 2. The lowest BCUT2D eigenvalue weighted by Crippen LogP contribution is -2.70. The summed E-state index contributed by atoms with van der Waals surface area (Å²) >= 11 is 0. The molecule has 242 valence electrons. The summed E-state index contributed by atoms with van der Waals surface area (Å²) in [6.45, 7) is 4.97. The van der Waals surface area contributed by atoms with Crippen molar-refractivity contribution in [3.8, 4) is 5.75 Å². The molecule has 4 rings (SSSR count). The lowest BCUT2D eigenvalue weighted by molar-refractivity contribution is -0.386. The summed E-state index contributed by atoms with van der Waals surface area (Å²) < 4.78 is 38.9. The van der Waals surface area contributed by atoms with Gasteiger partial charge in [-0.25, -0.2) is 0 Å². The van der Waals surface area contributed by atoms with Crippen molar-refractivity contribution in [1.29, 1.82) is 0 Å². The van der Waals surface area contributed by atoms with Crippen molar-refractivity contribution in [2.75, 3.05) is 7.11 Å². The molecule has 3 unspecified atom stereocenters. The molecule has 0 spiro atoms.